The van der Waals surface area contributed by atoms with Gasteiger partial charge in [0.05, 0.1) is 21.7 Å². The van der Waals surface area contributed by atoms with Crippen molar-refractivity contribution in [2.75, 3.05) is 26.4 Å². The maximum absolute atomic E-state index is 6.45. The van der Waals surface area contributed by atoms with E-state index < -0.39 is 0 Å². The first kappa shape index (κ1) is 17.0. The van der Waals surface area contributed by atoms with Gasteiger partial charge in [-0.3, -0.25) is 0 Å². The molecule has 1 aromatic rings. The molecule has 118 valence electrons. The summed E-state index contributed by atoms with van der Waals surface area (Å²) in [6.07, 6.45) is 1.70. The van der Waals surface area contributed by atoms with E-state index >= 15 is 0 Å². The van der Waals surface area contributed by atoms with Crippen molar-refractivity contribution in [2.45, 2.75) is 38.3 Å². The number of nitrogens with one attached hydrogen (secondary N) is 1. The van der Waals surface area contributed by atoms with Gasteiger partial charge in [-0.25, -0.2) is 0 Å². The van der Waals surface area contributed by atoms with Gasteiger partial charge in [-0.05, 0) is 25.1 Å². The number of rotatable bonds is 6. The van der Waals surface area contributed by atoms with E-state index in [1.54, 1.807) is 0 Å². The van der Waals surface area contributed by atoms with Gasteiger partial charge in [0.2, 0.25) is 0 Å². The van der Waals surface area contributed by atoms with E-state index in [0.29, 0.717) is 29.9 Å². The molecule has 1 aromatic carbocycles. The molecule has 1 saturated heterocycles. The van der Waals surface area contributed by atoms with Crippen LogP contribution in [0.3, 0.4) is 0 Å². The molecule has 0 radical (unpaired) electrons. The van der Waals surface area contributed by atoms with Crippen molar-refractivity contribution in [3.8, 4) is 0 Å². The van der Waals surface area contributed by atoms with E-state index in [9.17, 15) is 0 Å². The van der Waals surface area contributed by atoms with Crippen LogP contribution in [-0.2, 0) is 9.47 Å². The van der Waals surface area contributed by atoms with Gasteiger partial charge < -0.3 is 14.8 Å². The Morgan fingerprint density at radius 2 is 2.00 bits per heavy atom. The molecule has 0 saturated carbocycles. The van der Waals surface area contributed by atoms with Crippen LogP contribution in [0.15, 0.2) is 18.2 Å². The third-order valence-electron chi connectivity index (χ3n) is 4.00. The zero-order valence-corrected chi connectivity index (χ0v) is 14.1. The first-order valence-corrected chi connectivity index (χ1v) is 8.29. The maximum atomic E-state index is 6.45. The number of hydrogen-bond acceptors (Lipinski definition) is 3. The molecular formula is C16H23Cl2NO2. The van der Waals surface area contributed by atoms with Crippen molar-refractivity contribution in [1.29, 1.82) is 0 Å². The zero-order valence-electron chi connectivity index (χ0n) is 12.6. The highest BCUT2D eigenvalue weighted by Gasteiger charge is 2.42. The Morgan fingerprint density at radius 3 is 2.62 bits per heavy atom. The van der Waals surface area contributed by atoms with E-state index in [1.807, 2.05) is 25.1 Å². The fourth-order valence-electron chi connectivity index (χ4n) is 3.05. The fraction of sp³-hybridized carbons (Fsp3) is 0.625. The molecule has 2 rings (SSSR count). The average Bonchev–Trinajstić information content (AvgIpc) is 2.49. The predicted molar refractivity (Wildman–Crippen MR) is 87.3 cm³/mol. The van der Waals surface area contributed by atoms with E-state index in [4.69, 9.17) is 32.7 Å². The van der Waals surface area contributed by atoms with E-state index in [2.05, 4.69) is 12.2 Å². The lowest BCUT2D eigenvalue weighted by atomic mass is 9.82. The van der Waals surface area contributed by atoms with Gasteiger partial charge in [0, 0.05) is 32.7 Å². The van der Waals surface area contributed by atoms with Gasteiger partial charge in [0.25, 0.3) is 0 Å². The third-order valence-corrected chi connectivity index (χ3v) is 4.83. The molecular weight excluding hydrogens is 309 g/mol. The van der Waals surface area contributed by atoms with E-state index in [1.165, 1.54) is 0 Å². The molecule has 0 bridgehead atoms. The van der Waals surface area contributed by atoms with Crippen LogP contribution >= 0.6 is 23.2 Å². The summed E-state index contributed by atoms with van der Waals surface area (Å²) < 4.78 is 11.7. The Labute approximate surface area is 136 Å². The normalized spacial score (nSPS) is 19.4. The Hall–Kier alpha value is -0.320. The Kier molecular flexibility index (Phi) is 6.33. The summed E-state index contributed by atoms with van der Waals surface area (Å²) in [6, 6.07) is 5.79. The largest absolute Gasteiger partial charge is 0.381 e. The summed E-state index contributed by atoms with van der Waals surface area (Å²) in [5.74, 6) is 0. The minimum atomic E-state index is -0.294. The molecule has 21 heavy (non-hydrogen) atoms. The summed E-state index contributed by atoms with van der Waals surface area (Å²) in [4.78, 5) is 0. The quantitative estimate of drug-likeness (QED) is 0.846. The van der Waals surface area contributed by atoms with Crippen molar-refractivity contribution in [3.63, 3.8) is 0 Å². The Balaban J connectivity index is 2.41. The van der Waals surface area contributed by atoms with Gasteiger partial charge >= 0.3 is 0 Å². The first-order chi connectivity index (χ1) is 10.1. The zero-order chi connectivity index (χ0) is 15.3. The fourth-order valence-corrected chi connectivity index (χ4v) is 3.46. The minimum absolute atomic E-state index is 0.0116. The Morgan fingerprint density at radius 1 is 1.29 bits per heavy atom. The molecule has 1 aliphatic rings. The topological polar surface area (TPSA) is 30.5 Å². The smallest absolute Gasteiger partial charge is 0.0920 e. The molecule has 1 N–H and O–H groups in total. The molecule has 1 unspecified atom stereocenters. The summed E-state index contributed by atoms with van der Waals surface area (Å²) in [7, 11) is 0. The molecule has 0 amide bonds. The first-order valence-electron chi connectivity index (χ1n) is 7.53. The molecule has 3 nitrogen and oxygen atoms in total. The summed E-state index contributed by atoms with van der Waals surface area (Å²) >= 11 is 12.6. The predicted octanol–water partition coefficient (Wildman–Crippen LogP) is 4.23. The number of benzene rings is 1. The summed E-state index contributed by atoms with van der Waals surface area (Å²) in [5, 5.41) is 4.73. The lowest BCUT2D eigenvalue weighted by Crippen LogP contribution is -2.50. The van der Waals surface area contributed by atoms with Crippen LogP contribution in [0.2, 0.25) is 10.0 Å². The van der Waals surface area contributed by atoms with Crippen LogP contribution < -0.4 is 5.32 Å². The van der Waals surface area contributed by atoms with Crippen molar-refractivity contribution >= 4 is 23.2 Å². The standard InChI is InChI=1S/C16H23Cl2NO2/c1-3-19-15(12-6-5-7-13(17)14(12)18)16(21-4-2)8-10-20-11-9-16/h5-7,15,19H,3-4,8-11H2,1-2H3. The molecule has 0 spiro atoms. The maximum Gasteiger partial charge on any atom is 0.0920 e. The molecule has 5 heteroatoms. The highest BCUT2D eigenvalue weighted by molar-refractivity contribution is 6.42. The van der Waals surface area contributed by atoms with Crippen molar-refractivity contribution in [3.05, 3.63) is 33.8 Å². The molecule has 1 fully saturated rings. The lowest BCUT2D eigenvalue weighted by Gasteiger charge is -2.44. The number of ether oxygens (including phenoxy) is 2. The summed E-state index contributed by atoms with van der Waals surface area (Å²) in [6.45, 7) is 7.04. The van der Waals surface area contributed by atoms with Gasteiger partial charge in [-0.15, -0.1) is 0 Å². The number of halogens is 2. The van der Waals surface area contributed by atoms with Crippen LogP contribution in [0.4, 0.5) is 0 Å². The SMILES string of the molecule is CCNC(c1cccc(Cl)c1Cl)C1(OCC)CCOCC1. The van der Waals surface area contributed by atoms with Crippen molar-refractivity contribution in [2.24, 2.45) is 0 Å². The third kappa shape index (κ3) is 3.72. The second-order valence-corrected chi connectivity index (χ2v) is 6.03. The van der Waals surface area contributed by atoms with Gasteiger partial charge in [-0.1, -0.05) is 42.3 Å². The molecule has 1 atom stereocenters. The van der Waals surface area contributed by atoms with E-state index in [0.717, 1.165) is 24.9 Å². The van der Waals surface area contributed by atoms with Gasteiger partial charge in [0.1, 0.15) is 0 Å². The number of hydrogen-bond donors (Lipinski definition) is 1. The van der Waals surface area contributed by atoms with Crippen LogP contribution in [-0.4, -0.2) is 32.0 Å². The van der Waals surface area contributed by atoms with Crippen molar-refractivity contribution in [1.82, 2.24) is 5.32 Å². The highest BCUT2D eigenvalue weighted by Crippen LogP contribution is 2.41. The molecule has 0 aliphatic carbocycles. The van der Waals surface area contributed by atoms with E-state index in [-0.39, 0.29) is 11.6 Å². The molecule has 1 heterocycles. The van der Waals surface area contributed by atoms with Gasteiger partial charge in [-0.2, -0.15) is 0 Å². The van der Waals surface area contributed by atoms with Crippen LogP contribution in [0.1, 0.15) is 38.3 Å². The molecule has 1 aliphatic heterocycles. The minimum Gasteiger partial charge on any atom is -0.381 e. The second kappa shape index (κ2) is 7.80. The lowest BCUT2D eigenvalue weighted by molar-refractivity contribution is -0.127. The second-order valence-electron chi connectivity index (χ2n) is 5.24. The summed E-state index contributed by atoms with van der Waals surface area (Å²) in [5.41, 5.74) is 0.707. The van der Waals surface area contributed by atoms with Crippen LogP contribution in [0.5, 0.6) is 0 Å². The Bertz CT molecular complexity index is 456. The average molecular weight is 332 g/mol. The monoisotopic (exact) mass is 331 g/mol. The van der Waals surface area contributed by atoms with Crippen LogP contribution in [0, 0.1) is 0 Å². The van der Waals surface area contributed by atoms with Crippen LogP contribution in [0.25, 0.3) is 0 Å². The highest BCUT2D eigenvalue weighted by atomic mass is 35.5. The van der Waals surface area contributed by atoms with Gasteiger partial charge in [0.15, 0.2) is 0 Å². The number of likely N-dealkylation sites (N-methyl/N-ethyl adjacent to an activating group) is 1. The van der Waals surface area contributed by atoms with Crippen molar-refractivity contribution < 1.29 is 9.47 Å². The molecule has 0 aromatic heterocycles.